The molecule has 0 aliphatic carbocycles. The number of phenolic OH excluding ortho intramolecular Hbond substituents is 1. The predicted octanol–water partition coefficient (Wildman–Crippen LogP) is 2.31. The summed E-state index contributed by atoms with van der Waals surface area (Å²) >= 11 is 1.60. The molecule has 0 spiro atoms. The molecule has 0 radical (unpaired) electrons. The van der Waals surface area contributed by atoms with Crippen molar-refractivity contribution in [3.05, 3.63) is 23.8 Å². The van der Waals surface area contributed by atoms with Gasteiger partial charge in [-0.25, -0.2) is 0 Å². The van der Waals surface area contributed by atoms with E-state index in [4.69, 9.17) is 5.73 Å². The third-order valence-electron chi connectivity index (χ3n) is 1.90. The summed E-state index contributed by atoms with van der Waals surface area (Å²) in [5.41, 5.74) is 6.18. The minimum Gasteiger partial charge on any atom is -0.508 e. The minimum absolute atomic E-state index is 0.277. The molecular formula is C10H15NOS. The van der Waals surface area contributed by atoms with E-state index in [1.165, 1.54) is 0 Å². The van der Waals surface area contributed by atoms with Crippen LogP contribution >= 0.6 is 11.8 Å². The summed E-state index contributed by atoms with van der Waals surface area (Å²) in [4.78, 5) is 1.05. The van der Waals surface area contributed by atoms with Crippen molar-refractivity contribution in [2.75, 3.05) is 6.26 Å². The maximum Gasteiger partial charge on any atom is 0.121 e. The van der Waals surface area contributed by atoms with Crippen LogP contribution in [0.2, 0.25) is 0 Å². The summed E-state index contributed by atoms with van der Waals surface area (Å²) in [5.74, 6) is 0.277. The van der Waals surface area contributed by atoms with Crippen LogP contribution < -0.4 is 5.73 Å². The Morgan fingerprint density at radius 2 is 2.00 bits per heavy atom. The van der Waals surface area contributed by atoms with Gasteiger partial charge in [-0.3, -0.25) is 0 Å². The Labute approximate surface area is 83.1 Å². The summed E-state index contributed by atoms with van der Waals surface area (Å²) < 4.78 is 0. The second kappa shape index (κ2) is 3.60. The molecule has 0 aromatic heterocycles. The zero-order valence-electron chi connectivity index (χ0n) is 8.16. The van der Waals surface area contributed by atoms with Crippen molar-refractivity contribution in [1.29, 1.82) is 0 Å². The number of benzene rings is 1. The Balaban J connectivity index is 3.13. The van der Waals surface area contributed by atoms with E-state index in [0.717, 1.165) is 10.5 Å². The molecule has 0 atom stereocenters. The van der Waals surface area contributed by atoms with Crippen molar-refractivity contribution in [3.63, 3.8) is 0 Å². The molecule has 3 heteroatoms. The standard InChI is InChI=1S/C10H15NOS/c1-10(2,11)8-5-4-7(13-3)6-9(8)12/h4-6,12H,11H2,1-3H3. The van der Waals surface area contributed by atoms with Crippen LogP contribution in [0, 0.1) is 0 Å². The number of nitrogens with two attached hydrogens (primary N) is 1. The molecule has 2 nitrogen and oxygen atoms in total. The quantitative estimate of drug-likeness (QED) is 0.715. The van der Waals surface area contributed by atoms with Crippen molar-refractivity contribution in [1.82, 2.24) is 0 Å². The highest BCUT2D eigenvalue weighted by atomic mass is 32.2. The van der Waals surface area contributed by atoms with Gasteiger partial charge in [0.15, 0.2) is 0 Å². The Kier molecular flexibility index (Phi) is 2.88. The Morgan fingerprint density at radius 3 is 2.38 bits per heavy atom. The molecule has 0 saturated heterocycles. The van der Waals surface area contributed by atoms with Crippen molar-refractivity contribution < 1.29 is 5.11 Å². The van der Waals surface area contributed by atoms with Crippen molar-refractivity contribution >= 4 is 11.8 Å². The molecule has 1 rings (SSSR count). The van der Waals surface area contributed by atoms with Gasteiger partial charge in [0, 0.05) is 16.0 Å². The number of thioether (sulfide) groups is 1. The fourth-order valence-electron chi connectivity index (χ4n) is 1.18. The smallest absolute Gasteiger partial charge is 0.121 e. The second-order valence-electron chi connectivity index (χ2n) is 3.60. The first-order valence-electron chi connectivity index (χ1n) is 4.11. The van der Waals surface area contributed by atoms with E-state index in [-0.39, 0.29) is 5.75 Å². The average Bonchev–Trinajstić information content (AvgIpc) is 2.01. The first-order valence-corrected chi connectivity index (χ1v) is 5.34. The van der Waals surface area contributed by atoms with Gasteiger partial charge >= 0.3 is 0 Å². The van der Waals surface area contributed by atoms with Crippen molar-refractivity contribution in [2.45, 2.75) is 24.3 Å². The van der Waals surface area contributed by atoms with Gasteiger partial charge in [-0.05, 0) is 32.2 Å². The lowest BCUT2D eigenvalue weighted by Crippen LogP contribution is -2.28. The van der Waals surface area contributed by atoms with E-state index in [9.17, 15) is 5.11 Å². The predicted molar refractivity (Wildman–Crippen MR) is 57.1 cm³/mol. The average molecular weight is 197 g/mol. The summed E-state index contributed by atoms with van der Waals surface area (Å²) in [6.07, 6.45) is 1.97. The molecule has 1 aromatic rings. The summed E-state index contributed by atoms with van der Waals surface area (Å²) in [6.45, 7) is 3.75. The Hall–Kier alpha value is -0.670. The van der Waals surface area contributed by atoms with E-state index in [1.807, 2.05) is 32.2 Å². The van der Waals surface area contributed by atoms with Gasteiger partial charge < -0.3 is 10.8 Å². The molecule has 0 aliphatic rings. The minimum atomic E-state index is -0.485. The first kappa shape index (κ1) is 10.4. The normalized spacial score (nSPS) is 11.7. The number of rotatable bonds is 2. The highest BCUT2D eigenvalue weighted by molar-refractivity contribution is 7.98. The fraction of sp³-hybridized carbons (Fsp3) is 0.400. The van der Waals surface area contributed by atoms with Gasteiger partial charge in [0.1, 0.15) is 5.75 Å². The number of aromatic hydroxyl groups is 1. The maximum atomic E-state index is 9.66. The SMILES string of the molecule is CSc1ccc(C(C)(C)N)c(O)c1. The lowest BCUT2D eigenvalue weighted by Gasteiger charge is -2.20. The van der Waals surface area contributed by atoms with Gasteiger partial charge in [-0.15, -0.1) is 11.8 Å². The third-order valence-corrected chi connectivity index (χ3v) is 2.62. The number of hydrogen-bond donors (Lipinski definition) is 2. The molecule has 13 heavy (non-hydrogen) atoms. The van der Waals surface area contributed by atoms with Crippen LogP contribution in [0.15, 0.2) is 23.1 Å². The zero-order chi connectivity index (χ0) is 10.1. The lowest BCUT2D eigenvalue weighted by atomic mass is 9.95. The maximum absolute atomic E-state index is 9.66. The summed E-state index contributed by atoms with van der Waals surface area (Å²) in [6, 6.07) is 5.59. The van der Waals surface area contributed by atoms with Crippen LogP contribution in [0.25, 0.3) is 0 Å². The molecule has 0 aliphatic heterocycles. The molecule has 0 amide bonds. The zero-order valence-corrected chi connectivity index (χ0v) is 8.98. The van der Waals surface area contributed by atoms with Crippen molar-refractivity contribution in [2.24, 2.45) is 5.73 Å². The van der Waals surface area contributed by atoms with E-state index in [2.05, 4.69) is 0 Å². The molecule has 72 valence electrons. The summed E-state index contributed by atoms with van der Waals surface area (Å²) in [7, 11) is 0. The Bertz CT molecular complexity index is 304. The molecule has 1 aromatic carbocycles. The van der Waals surface area contributed by atoms with E-state index < -0.39 is 5.54 Å². The van der Waals surface area contributed by atoms with Crippen molar-refractivity contribution in [3.8, 4) is 5.75 Å². The molecular weight excluding hydrogens is 182 g/mol. The topological polar surface area (TPSA) is 46.2 Å². The van der Waals surface area contributed by atoms with E-state index in [0.29, 0.717) is 0 Å². The van der Waals surface area contributed by atoms with Gasteiger partial charge in [0.05, 0.1) is 0 Å². The van der Waals surface area contributed by atoms with Crippen LogP contribution in [0.4, 0.5) is 0 Å². The van der Waals surface area contributed by atoms with Gasteiger partial charge in [-0.1, -0.05) is 6.07 Å². The van der Waals surface area contributed by atoms with E-state index in [1.54, 1.807) is 17.8 Å². The van der Waals surface area contributed by atoms with Crippen LogP contribution in [0.5, 0.6) is 5.75 Å². The first-order chi connectivity index (χ1) is 5.95. The molecule has 0 bridgehead atoms. The number of hydrogen-bond acceptors (Lipinski definition) is 3. The summed E-state index contributed by atoms with van der Waals surface area (Å²) in [5, 5.41) is 9.66. The monoisotopic (exact) mass is 197 g/mol. The third kappa shape index (κ3) is 2.39. The van der Waals surface area contributed by atoms with Gasteiger partial charge in [0.25, 0.3) is 0 Å². The lowest BCUT2D eigenvalue weighted by molar-refractivity contribution is 0.439. The van der Waals surface area contributed by atoms with Crippen LogP contribution in [0.1, 0.15) is 19.4 Å². The van der Waals surface area contributed by atoms with Crippen LogP contribution in [-0.2, 0) is 5.54 Å². The van der Waals surface area contributed by atoms with Gasteiger partial charge in [-0.2, -0.15) is 0 Å². The molecule has 0 saturated carbocycles. The molecule has 0 fully saturated rings. The molecule has 0 unspecified atom stereocenters. The van der Waals surface area contributed by atoms with Crippen LogP contribution in [-0.4, -0.2) is 11.4 Å². The van der Waals surface area contributed by atoms with Gasteiger partial charge in [0.2, 0.25) is 0 Å². The Morgan fingerprint density at radius 1 is 1.38 bits per heavy atom. The molecule has 3 N–H and O–H groups in total. The molecule has 0 heterocycles. The van der Waals surface area contributed by atoms with Crippen LogP contribution in [0.3, 0.4) is 0 Å². The number of phenols is 1. The van der Waals surface area contributed by atoms with E-state index >= 15 is 0 Å². The largest absolute Gasteiger partial charge is 0.508 e. The highest BCUT2D eigenvalue weighted by Crippen LogP contribution is 2.30. The second-order valence-corrected chi connectivity index (χ2v) is 4.48. The fourth-order valence-corrected chi connectivity index (χ4v) is 1.62. The highest BCUT2D eigenvalue weighted by Gasteiger charge is 2.18.